The maximum Gasteiger partial charge on any atom is 0.212 e. The Morgan fingerprint density at radius 1 is 0.882 bits per heavy atom. The smallest absolute Gasteiger partial charge is 0.212 e. The fourth-order valence-electron chi connectivity index (χ4n) is 1.41. The van der Waals surface area contributed by atoms with Gasteiger partial charge < -0.3 is 0 Å². The van der Waals surface area contributed by atoms with Crippen molar-refractivity contribution in [2.45, 2.75) is 26.2 Å². The number of aromatic nitrogens is 3. The molecule has 0 fully saturated rings. The summed E-state index contributed by atoms with van der Waals surface area (Å²) < 4.78 is 12.7. The van der Waals surface area contributed by atoms with Crippen molar-refractivity contribution in [2.24, 2.45) is 0 Å². The lowest BCUT2D eigenvalue weighted by atomic mass is 9.95. The summed E-state index contributed by atoms with van der Waals surface area (Å²) in [6.07, 6.45) is 4.95. The molecule has 4 heteroatoms. The van der Waals surface area contributed by atoms with E-state index >= 15 is 0 Å². The first-order valence-corrected chi connectivity index (χ1v) is 5.41. The van der Waals surface area contributed by atoms with Gasteiger partial charge in [-0.3, -0.25) is 0 Å². The van der Waals surface area contributed by atoms with Crippen LogP contribution in [-0.4, -0.2) is 15.0 Å². The molecule has 3 nitrogen and oxygen atoms in total. The number of halogens is 1. The van der Waals surface area contributed by atoms with Crippen LogP contribution in [0.4, 0.5) is 4.39 Å². The van der Waals surface area contributed by atoms with Crippen molar-refractivity contribution >= 4 is 0 Å². The zero-order valence-corrected chi connectivity index (χ0v) is 10.1. The molecule has 17 heavy (non-hydrogen) atoms. The fraction of sp³-hybridized carbons (Fsp3) is 0.308. The van der Waals surface area contributed by atoms with Gasteiger partial charge in [-0.25, -0.2) is 15.0 Å². The van der Waals surface area contributed by atoms with E-state index in [-0.39, 0.29) is 5.41 Å². The van der Waals surface area contributed by atoms with Crippen molar-refractivity contribution in [3.8, 4) is 11.1 Å². The van der Waals surface area contributed by atoms with Gasteiger partial charge in [0, 0.05) is 35.1 Å². The molecule has 0 aromatic carbocycles. The maximum absolute atomic E-state index is 12.7. The molecule has 0 spiro atoms. The summed E-state index contributed by atoms with van der Waals surface area (Å²) in [6.45, 7) is 6.17. The van der Waals surface area contributed by atoms with Crippen molar-refractivity contribution in [3.05, 3.63) is 42.5 Å². The SMILES string of the molecule is CC(C)(C)c1ncc(-c2ccc(F)nc2)cn1. The second-order valence-electron chi connectivity index (χ2n) is 4.91. The molecule has 0 radical (unpaired) electrons. The largest absolute Gasteiger partial charge is 0.240 e. The van der Waals surface area contributed by atoms with E-state index in [1.807, 2.05) is 0 Å². The van der Waals surface area contributed by atoms with Crippen LogP contribution in [-0.2, 0) is 5.41 Å². The first-order valence-electron chi connectivity index (χ1n) is 5.41. The zero-order valence-electron chi connectivity index (χ0n) is 10.1. The van der Waals surface area contributed by atoms with Gasteiger partial charge >= 0.3 is 0 Å². The lowest BCUT2D eigenvalue weighted by molar-refractivity contribution is 0.545. The monoisotopic (exact) mass is 231 g/mol. The Balaban J connectivity index is 2.33. The van der Waals surface area contributed by atoms with Crippen LogP contribution in [0.2, 0.25) is 0 Å². The number of hydrogen-bond donors (Lipinski definition) is 0. The van der Waals surface area contributed by atoms with Gasteiger partial charge in [-0.1, -0.05) is 20.8 Å². The molecule has 0 saturated heterocycles. The summed E-state index contributed by atoms with van der Waals surface area (Å²) in [5, 5.41) is 0. The minimum Gasteiger partial charge on any atom is -0.240 e. The lowest BCUT2D eigenvalue weighted by Gasteiger charge is -2.15. The first-order chi connectivity index (χ1) is 7.97. The summed E-state index contributed by atoms with van der Waals surface area (Å²) in [6, 6.07) is 2.99. The average molecular weight is 231 g/mol. The molecule has 2 aromatic heterocycles. The van der Waals surface area contributed by atoms with Crippen molar-refractivity contribution in [2.75, 3.05) is 0 Å². The summed E-state index contributed by atoms with van der Waals surface area (Å²) in [4.78, 5) is 12.2. The van der Waals surface area contributed by atoms with Crippen molar-refractivity contribution in [3.63, 3.8) is 0 Å². The molecule has 0 N–H and O–H groups in total. The quantitative estimate of drug-likeness (QED) is 0.708. The predicted molar refractivity (Wildman–Crippen MR) is 63.9 cm³/mol. The molecule has 0 saturated carbocycles. The highest BCUT2D eigenvalue weighted by atomic mass is 19.1. The number of rotatable bonds is 1. The molecule has 2 rings (SSSR count). The average Bonchev–Trinajstić information content (AvgIpc) is 2.29. The van der Waals surface area contributed by atoms with Crippen molar-refractivity contribution in [1.82, 2.24) is 15.0 Å². The highest BCUT2D eigenvalue weighted by Gasteiger charge is 2.16. The lowest BCUT2D eigenvalue weighted by Crippen LogP contribution is -2.15. The van der Waals surface area contributed by atoms with Crippen molar-refractivity contribution < 1.29 is 4.39 Å². The predicted octanol–water partition coefficient (Wildman–Crippen LogP) is 2.98. The second-order valence-corrected chi connectivity index (χ2v) is 4.91. The third-order valence-corrected chi connectivity index (χ3v) is 2.38. The Morgan fingerprint density at radius 2 is 1.47 bits per heavy atom. The molecule has 0 aliphatic rings. The summed E-state index contributed by atoms with van der Waals surface area (Å²) in [5.74, 6) is 0.303. The van der Waals surface area contributed by atoms with Gasteiger partial charge in [-0.05, 0) is 12.1 Å². The van der Waals surface area contributed by atoms with Gasteiger partial charge in [0.05, 0.1) is 0 Å². The topological polar surface area (TPSA) is 38.7 Å². The van der Waals surface area contributed by atoms with Crippen LogP contribution in [0.1, 0.15) is 26.6 Å². The maximum atomic E-state index is 12.7. The zero-order chi connectivity index (χ0) is 12.5. The molecule has 0 atom stereocenters. The van der Waals surface area contributed by atoms with Crippen LogP contribution in [0.3, 0.4) is 0 Å². The van der Waals surface area contributed by atoms with E-state index in [2.05, 4.69) is 35.7 Å². The van der Waals surface area contributed by atoms with Crippen molar-refractivity contribution in [1.29, 1.82) is 0 Å². The molecule has 0 aliphatic heterocycles. The van der Waals surface area contributed by atoms with Gasteiger partial charge in [0.15, 0.2) is 0 Å². The molecule has 2 aromatic rings. The van der Waals surface area contributed by atoms with E-state index < -0.39 is 5.95 Å². The molecule has 0 unspecified atom stereocenters. The highest BCUT2D eigenvalue weighted by molar-refractivity contribution is 5.59. The van der Waals surface area contributed by atoms with E-state index in [0.29, 0.717) is 0 Å². The molecule has 0 aliphatic carbocycles. The Bertz CT molecular complexity index is 498. The third-order valence-electron chi connectivity index (χ3n) is 2.38. The fourth-order valence-corrected chi connectivity index (χ4v) is 1.41. The van der Waals surface area contributed by atoms with Gasteiger partial charge in [-0.2, -0.15) is 4.39 Å². The summed E-state index contributed by atoms with van der Waals surface area (Å²) in [5.41, 5.74) is 1.58. The van der Waals surface area contributed by atoms with E-state index in [1.165, 1.54) is 12.3 Å². The summed E-state index contributed by atoms with van der Waals surface area (Å²) >= 11 is 0. The second kappa shape index (κ2) is 4.20. The standard InChI is InChI=1S/C13H14FN3/c1-13(2,3)12-16-7-10(8-17-12)9-4-5-11(14)15-6-9/h4-8H,1-3H3. The third kappa shape index (κ3) is 2.64. The molecule has 2 heterocycles. The summed E-state index contributed by atoms with van der Waals surface area (Å²) in [7, 11) is 0. The van der Waals surface area contributed by atoms with E-state index in [1.54, 1.807) is 18.5 Å². The Hall–Kier alpha value is -1.84. The molecule has 0 amide bonds. The van der Waals surface area contributed by atoms with Gasteiger partial charge in [-0.15, -0.1) is 0 Å². The van der Waals surface area contributed by atoms with E-state index in [9.17, 15) is 4.39 Å². The number of nitrogens with zero attached hydrogens (tertiary/aromatic N) is 3. The van der Waals surface area contributed by atoms with Gasteiger partial charge in [0.25, 0.3) is 0 Å². The minimum absolute atomic E-state index is 0.0699. The van der Waals surface area contributed by atoms with Crippen LogP contribution in [0.25, 0.3) is 11.1 Å². The van der Waals surface area contributed by atoms with Gasteiger partial charge in [0.2, 0.25) is 5.95 Å². The number of hydrogen-bond acceptors (Lipinski definition) is 3. The Morgan fingerprint density at radius 3 is 1.94 bits per heavy atom. The van der Waals surface area contributed by atoms with Gasteiger partial charge in [0.1, 0.15) is 5.82 Å². The van der Waals surface area contributed by atoms with Crippen LogP contribution in [0.5, 0.6) is 0 Å². The van der Waals surface area contributed by atoms with E-state index in [4.69, 9.17) is 0 Å². The van der Waals surface area contributed by atoms with E-state index in [0.717, 1.165) is 17.0 Å². The first kappa shape index (κ1) is 11.6. The number of pyridine rings is 1. The Labute approximate surface area is 99.8 Å². The molecular weight excluding hydrogens is 217 g/mol. The van der Waals surface area contributed by atoms with Crippen LogP contribution >= 0.6 is 0 Å². The highest BCUT2D eigenvalue weighted by Crippen LogP contribution is 2.21. The van der Waals surface area contributed by atoms with Crippen LogP contribution in [0.15, 0.2) is 30.7 Å². The Kier molecular flexibility index (Phi) is 2.88. The molecular formula is C13H14FN3. The van der Waals surface area contributed by atoms with Crippen LogP contribution in [0, 0.1) is 5.95 Å². The van der Waals surface area contributed by atoms with Crippen LogP contribution < -0.4 is 0 Å². The minimum atomic E-state index is -0.485. The normalized spacial score (nSPS) is 11.5. The molecule has 0 bridgehead atoms. The molecule has 88 valence electrons.